The number of anilines is 1. The molecule has 5 nitrogen and oxygen atoms in total. The lowest BCUT2D eigenvalue weighted by Crippen LogP contribution is -2.03. The van der Waals surface area contributed by atoms with E-state index in [0.717, 1.165) is 16.8 Å². The highest BCUT2D eigenvalue weighted by Crippen LogP contribution is 2.37. The highest BCUT2D eigenvalue weighted by molar-refractivity contribution is 6.42. The molecule has 0 saturated carbocycles. The molecule has 0 atom stereocenters. The number of aromatic carboxylic acids is 1. The minimum atomic E-state index is -0.963. The number of methoxy groups -OCH3 is 1. The molecule has 0 heterocycles. The van der Waals surface area contributed by atoms with Gasteiger partial charge in [-0.3, -0.25) is 0 Å². The second-order valence-electron chi connectivity index (χ2n) is 6.38. The monoisotopic (exact) mass is 465 g/mol. The molecule has 8 heteroatoms. The summed E-state index contributed by atoms with van der Waals surface area (Å²) in [5.74, 6) is -0.0325. The average molecular weight is 467 g/mol. The lowest BCUT2D eigenvalue weighted by molar-refractivity contribution is 0.0697. The van der Waals surface area contributed by atoms with E-state index >= 15 is 0 Å². The number of halogens is 3. The van der Waals surface area contributed by atoms with Crippen LogP contribution in [-0.4, -0.2) is 18.2 Å². The number of carboxylic acid groups (broad SMARTS) is 1. The van der Waals surface area contributed by atoms with Gasteiger partial charge in [-0.05, 0) is 59.7 Å². The van der Waals surface area contributed by atoms with Gasteiger partial charge in [0.05, 0.1) is 27.7 Å². The van der Waals surface area contributed by atoms with Crippen LogP contribution >= 0.6 is 34.8 Å². The highest BCUT2D eigenvalue weighted by atomic mass is 35.5. The van der Waals surface area contributed by atoms with Crippen molar-refractivity contribution in [2.24, 2.45) is 0 Å². The van der Waals surface area contributed by atoms with Gasteiger partial charge in [0.15, 0.2) is 11.5 Å². The Labute approximate surface area is 189 Å². The summed E-state index contributed by atoms with van der Waals surface area (Å²) in [6.07, 6.45) is 0. The molecule has 3 rings (SSSR count). The lowest BCUT2D eigenvalue weighted by Gasteiger charge is -2.15. The first kappa shape index (κ1) is 22.1. The van der Waals surface area contributed by atoms with Gasteiger partial charge < -0.3 is 19.9 Å². The third kappa shape index (κ3) is 5.51. The van der Waals surface area contributed by atoms with E-state index in [9.17, 15) is 4.79 Å². The minimum absolute atomic E-state index is 0.230. The van der Waals surface area contributed by atoms with E-state index in [4.69, 9.17) is 49.4 Å². The van der Waals surface area contributed by atoms with Crippen LogP contribution in [0.15, 0.2) is 54.6 Å². The molecular formula is C22H18Cl3NO4. The van der Waals surface area contributed by atoms with E-state index in [1.165, 1.54) is 12.1 Å². The van der Waals surface area contributed by atoms with Crippen molar-refractivity contribution in [3.05, 3.63) is 86.4 Å². The fraction of sp³-hybridized carbons (Fsp3) is 0.136. The van der Waals surface area contributed by atoms with Gasteiger partial charge in [0.2, 0.25) is 0 Å². The number of carboxylic acids is 1. The Bertz CT molecular complexity index is 1050. The Kier molecular flexibility index (Phi) is 7.32. The maximum atomic E-state index is 10.9. The van der Waals surface area contributed by atoms with Crippen LogP contribution in [0.4, 0.5) is 5.69 Å². The van der Waals surface area contributed by atoms with Gasteiger partial charge in [0.25, 0.3) is 0 Å². The highest BCUT2D eigenvalue weighted by Gasteiger charge is 2.13. The maximum absolute atomic E-state index is 10.9. The van der Waals surface area contributed by atoms with Gasteiger partial charge in [0, 0.05) is 12.2 Å². The molecule has 0 saturated heterocycles. The summed E-state index contributed by atoms with van der Waals surface area (Å²) in [5.41, 5.74) is 2.74. The van der Waals surface area contributed by atoms with Crippen molar-refractivity contribution in [1.29, 1.82) is 0 Å². The molecule has 0 fully saturated rings. The van der Waals surface area contributed by atoms with Gasteiger partial charge in [0.1, 0.15) is 6.61 Å². The van der Waals surface area contributed by atoms with E-state index in [0.29, 0.717) is 33.1 Å². The lowest BCUT2D eigenvalue weighted by atomic mass is 10.1. The first-order chi connectivity index (χ1) is 14.4. The molecule has 0 aliphatic carbocycles. The number of nitrogens with one attached hydrogen (secondary N) is 1. The molecule has 0 radical (unpaired) electrons. The molecule has 3 aromatic rings. The molecule has 0 aromatic heterocycles. The molecular weight excluding hydrogens is 449 g/mol. The first-order valence-corrected chi connectivity index (χ1v) is 10.0. The number of rotatable bonds is 8. The van der Waals surface area contributed by atoms with Crippen LogP contribution in [0.2, 0.25) is 15.1 Å². The molecule has 0 amide bonds. The Balaban J connectivity index is 1.69. The summed E-state index contributed by atoms with van der Waals surface area (Å²) in [7, 11) is 1.54. The largest absolute Gasteiger partial charge is 0.493 e. The molecule has 0 unspecified atom stereocenters. The zero-order valence-corrected chi connectivity index (χ0v) is 18.2. The minimum Gasteiger partial charge on any atom is -0.493 e. The second kappa shape index (κ2) is 9.94. The molecule has 0 spiro atoms. The quantitative estimate of drug-likeness (QED) is 0.394. The summed E-state index contributed by atoms with van der Waals surface area (Å²) in [6.45, 7) is 0.718. The molecule has 0 aliphatic heterocycles. The van der Waals surface area contributed by atoms with Crippen molar-refractivity contribution in [3.63, 3.8) is 0 Å². The fourth-order valence-electron chi connectivity index (χ4n) is 2.74. The smallest absolute Gasteiger partial charge is 0.335 e. The fourth-order valence-corrected chi connectivity index (χ4v) is 3.34. The Morgan fingerprint density at radius 2 is 1.63 bits per heavy atom. The summed E-state index contributed by atoms with van der Waals surface area (Å²) >= 11 is 18.4. The molecule has 156 valence electrons. The van der Waals surface area contributed by atoms with Crippen molar-refractivity contribution in [2.45, 2.75) is 13.2 Å². The van der Waals surface area contributed by atoms with Crippen LogP contribution in [0.5, 0.6) is 11.5 Å². The van der Waals surface area contributed by atoms with Crippen molar-refractivity contribution in [2.75, 3.05) is 12.4 Å². The zero-order chi connectivity index (χ0) is 21.7. The van der Waals surface area contributed by atoms with Gasteiger partial charge in [-0.2, -0.15) is 0 Å². The van der Waals surface area contributed by atoms with Crippen molar-refractivity contribution < 1.29 is 19.4 Å². The predicted octanol–water partition coefficient (Wildman–Crippen LogP) is 6.54. The van der Waals surface area contributed by atoms with Crippen LogP contribution < -0.4 is 14.8 Å². The Morgan fingerprint density at radius 1 is 0.933 bits per heavy atom. The molecule has 2 N–H and O–H groups in total. The summed E-state index contributed by atoms with van der Waals surface area (Å²) in [5, 5.41) is 13.5. The van der Waals surface area contributed by atoms with Crippen LogP contribution in [0.3, 0.4) is 0 Å². The summed E-state index contributed by atoms with van der Waals surface area (Å²) < 4.78 is 11.3. The van der Waals surface area contributed by atoms with Crippen molar-refractivity contribution >= 4 is 46.5 Å². The zero-order valence-electron chi connectivity index (χ0n) is 15.9. The Hall–Kier alpha value is -2.60. The molecule has 0 aliphatic rings. The summed E-state index contributed by atoms with van der Waals surface area (Å²) in [4.78, 5) is 10.9. The number of hydrogen-bond acceptors (Lipinski definition) is 4. The third-order valence-corrected chi connectivity index (χ3v) is 5.30. The maximum Gasteiger partial charge on any atom is 0.335 e. The van der Waals surface area contributed by atoms with E-state index in [-0.39, 0.29) is 12.2 Å². The number of ether oxygens (including phenoxy) is 2. The SMILES string of the molecule is COc1cc(CNc2ccc(C(=O)O)cc2)cc(Cl)c1OCc1ccc(Cl)c(Cl)c1. The number of benzene rings is 3. The predicted molar refractivity (Wildman–Crippen MR) is 120 cm³/mol. The van der Waals surface area contributed by atoms with Gasteiger partial charge in [-0.25, -0.2) is 4.79 Å². The van der Waals surface area contributed by atoms with E-state index < -0.39 is 5.97 Å². The van der Waals surface area contributed by atoms with E-state index in [1.807, 2.05) is 12.1 Å². The molecule has 30 heavy (non-hydrogen) atoms. The van der Waals surface area contributed by atoms with Gasteiger partial charge in [-0.15, -0.1) is 0 Å². The van der Waals surface area contributed by atoms with Crippen LogP contribution in [0.25, 0.3) is 0 Å². The average Bonchev–Trinajstić information content (AvgIpc) is 2.73. The number of hydrogen-bond donors (Lipinski definition) is 2. The normalized spacial score (nSPS) is 10.5. The van der Waals surface area contributed by atoms with Gasteiger partial charge in [-0.1, -0.05) is 40.9 Å². The molecule has 3 aromatic carbocycles. The van der Waals surface area contributed by atoms with Gasteiger partial charge >= 0.3 is 5.97 Å². The third-order valence-electron chi connectivity index (χ3n) is 4.28. The standard InChI is InChI=1S/C22H18Cl3NO4/c1-29-20-10-14(11-26-16-5-3-15(4-6-16)22(27)28)9-19(25)21(20)30-12-13-2-7-17(23)18(24)8-13/h2-10,26H,11-12H2,1H3,(H,27,28). The van der Waals surface area contributed by atoms with E-state index in [2.05, 4.69) is 5.32 Å². The summed E-state index contributed by atoms with van der Waals surface area (Å²) in [6, 6.07) is 15.4. The van der Waals surface area contributed by atoms with Crippen LogP contribution in [0, 0.1) is 0 Å². The van der Waals surface area contributed by atoms with E-state index in [1.54, 1.807) is 37.4 Å². The van der Waals surface area contributed by atoms with Crippen LogP contribution in [0.1, 0.15) is 21.5 Å². The number of carbonyl (C=O) groups is 1. The first-order valence-electron chi connectivity index (χ1n) is 8.87. The Morgan fingerprint density at radius 3 is 2.27 bits per heavy atom. The van der Waals surface area contributed by atoms with Crippen molar-refractivity contribution in [1.82, 2.24) is 0 Å². The van der Waals surface area contributed by atoms with Crippen molar-refractivity contribution in [3.8, 4) is 11.5 Å². The molecule has 0 bridgehead atoms. The van der Waals surface area contributed by atoms with Crippen LogP contribution in [-0.2, 0) is 13.2 Å². The topological polar surface area (TPSA) is 67.8 Å². The second-order valence-corrected chi connectivity index (χ2v) is 7.60.